The van der Waals surface area contributed by atoms with Crippen molar-refractivity contribution in [2.45, 2.75) is 25.4 Å². The zero-order chi connectivity index (χ0) is 26.8. The van der Waals surface area contributed by atoms with Crippen molar-refractivity contribution >= 4 is 28.8 Å². The maximum absolute atomic E-state index is 13.5. The lowest BCUT2D eigenvalue weighted by Crippen LogP contribution is -2.57. The molecule has 2 aromatic carbocycles. The van der Waals surface area contributed by atoms with Gasteiger partial charge in [-0.15, -0.1) is 11.3 Å². The molecule has 3 heterocycles. The zero-order valence-electron chi connectivity index (χ0n) is 21.4. The monoisotopic (exact) mass is 534 g/mol. The Morgan fingerprint density at radius 2 is 1.79 bits per heavy atom. The van der Waals surface area contributed by atoms with Crippen LogP contribution in [0.25, 0.3) is 0 Å². The lowest BCUT2D eigenvalue weighted by atomic mass is 9.93. The van der Waals surface area contributed by atoms with Crippen molar-refractivity contribution in [2.75, 3.05) is 39.8 Å². The number of thiophene rings is 1. The Labute approximate surface area is 225 Å². The molecule has 2 unspecified atom stereocenters. The van der Waals surface area contributed by atoms with Gasteiger partial charge in [0, 0.05) is 54.8 Å². The van der Waals surface area contributed by atoms with Crippen LogP contribution in [-0.4, -0.2) is 77.3 Å². The number of ether oxygens (including phenoxy) is 1. The number of amides is 2. The van der Waals surface area contributed by atoms with Gasteiger partial charge in [-0.25, -0.2) is 0 Å². The Balaban J connectivity index is 1.26. The lowest BCUT2D eigenvalue weighted by Gasteiger charge is -2.42. The second-order valence-electron chi connectivity index (χ2n) is 9.69. The largest absolute Gasteiger partial charge is 0.497 e. The van der Waals surface area contributed by atoms with E-state index in [-0.39, 0.29) is 29.6 Å². The summed E-state index contributed by atoms with van der Waals surface area (Å²) in [6, 6.07) is 15.7. The van der Waals surface area contributed by atoms with E-state index in [9.17, 15) is 19.7 Å². The molecule has 9 nitrogen and oxygen atoms in total. The number of non-ortho nitro benzene ring substituents is 1. The molecule has 0 aliphatic carbocycles. The first-order valence-corrected chi connectivity index (χ1v) is 13.5. The first kappa shape index (κ1) is 25.9. The van der Waals surface area contributed by atoms with Gasteiger partial charge in [0.2, 0.25) is 5.91 Å². The van der Waals surface area contributed by atoms with E-state index in [2.05, 4.69) is 28.5 Å². The molecule has 2 amide bonds. The quantitative estimate of drug-likeness (QED) is 0.351. The van der Waals surface area contributed by atoms with Crippen molar-refractivity contribution in [1.29, 1.82) is 0 Å². The summed E-state index contributed by atoms with van der Waals surface area (Å²) >= 11 is 1.77. The smallest absolute Gasteiger partial charge is 0.269 e. The molecule has 2 atom stereocenters. The second-order valence-corrected chi connectivity index (χ2v) is 10.7. The van der Waals surface area contributed by atoms with Crippen molar-refractivity contribution in [2.24, 2.45) is 0 Å². The summed E-state index contributed by atoms with van der Waals surface area (Å²) in [7, 11) is 1.65. The summed E-state index contributed by atoms with van der Waals surface area (Å²) in [6.07, 6.45) is 0.918. The minimum absolute atomic E-state index is 0.00211. The molecular weight excluding hydrogens is 504 g/mol. The van der Waals surface area contributed by atoms with Gasteiger partial charge < -0.3 is 14.5 Å². The van der Waals surface area contributed by atoms with Crippen molar-refractivity contribution in [3.63, 3.8) is 0 Å². The van der Waals surface area contributed by atoms with Crippen LogP contribution in [0.4, 0.5) is 5.69 Å². The van der Waals surface area contributed by atoms with E-state index in [1.54, 1.807) is 23.3 Å². The third-order valence-corrected chi connectivity index (χ3v) is 8.40. The zero-order valence-corrected chi connectivity index (χ0v) is 22.2. The second kappa shape index (κ2) is 10.9. The Morgan fingerprint density at radius 3 is 2.45 bits per heavy atom. The molecule has 3 aromatic rings. The highest BCUT2D eigenvalue weighted by Crippen LogP contribution is 2.38. The molecule has 0 saturated carbocycles. The van der Waals surface area contributed by atoms with Gasteiger partial charge in [0.1, 0.15) is 5.75 Å². The number of nitrogens with zero attached hydrogens (tertiary/aromatic N) is 4. The number of carbonyl (C=O) groups excluding carboxylic acids is 2. The SMILES string of the molecule is COc1ccc(C2c3ccsc3CCN2CC(=O)N2CCN(C(=O)c3ccc([N+](=O)[O-])cc3)C(C)C2)cc1. The molecule has 0 bridgehead atoms. The molecule has 5 rings (SSSR count). The molecule has 1 fully saturated rings. The fraction of sp³-hybridized carbons (Fsp3) is 0.357. The number of hydrogen-bond donors (Lipinski definition) is 0. The van der Waals surface area contributed by atoms with E-state index in [0.29, 0.717) is 31.7 Å². The van der Waals surface area contributed by atoms with Crippen LogP contribution in [0.1, 0.15) is 39.3 Å². The number of piperazine rings is 1. The number of rotatable bonds is 6. The molecule has 1 aromatic heterocycles. The van der Waals surface area contributed by atoms with Gasteiger partial charge in [-0.3, -0.25) is 24.6 Å². The van der Waals surface area contributed by atoms with E-state index >= 15 is 0 Å². The lowest BCUT2D eigenvalue weighted by molar-refractivity contribution is -0.384. The van der Waals surface area contributed by atoms with Gasteiger partial charge in [0.05, 0.1) is 24.6 Å². The van der Waals surface area contributed by atoms with Crippen molar-refractivity contribution < 1.29 is 19.2 Å². The van der Waals surface area contributed by atoms with Crippen molar-refractivity contribution in [3.05, 3.63) is 91.7 Å². The highest BCUT2D eigenvalue weighted by atomic mass is 32.1. The molecule has 2 aliphatic heterocycles. The first-order chi connectivity index (χ1) is 18.4. The van der Waals surface area contributed by atoms with Crippen molar-refractivity contribution in [3.8, 4) is 5.75 Å². The Kier molecular flexibility index (Phi) is 7.44. The summed E-state index contributed by atoms with van der Waals surface area (Å²) < 4.78 is 5.33. The van der Waals surface area contributed by atoms with Gasteiger partial charge in [0.25, 0.3) is 11.6 Å². The average Bonchev–Trinajstić information content (AvgIpc) is 3.41. The summed E-state index contributed by atoms with van der Waals surface area (Å²) in [5, 5.41) is 13.0. The molecule has 38 heavy (non-hydrogen) atoms. The molecular formula is C28H30N4O5S. The first-order valence-electron chi connectivity index (χ1n) is 12.6. The summed E-state index contributed by atoms with van der Waals surface area (Å²) in [5.74, 6) is 0.671. The number of hydrogen-bond acceptors (Lipinski definition) is 7. The van der Waals surface area contributed by atoms with Crippen LogP contribution in [0.15, 0.2) is 60.0 Å². The molecule has 0 N–H and O–H groups in total. The van der Waals surface area contributed by atoms with Crippen LogP contribution in [-0.2, 0) is 11.2 Å². The van der Waals surface area contributed by atoms with Crippen LogP contribution in [0.3, 0.4) is 0 Å². The molecule has 10 heteroatoms. The Hall–Kier alpha value is -3.76. The van der Waals surface area contributed by atoms with Gasteiger partial charge >= 0.3 is 0 Å². The molecule has 2 aliphatic rings. The minimum atomic E-state index is -0.484. The van der Waals surface area contributed by atoms with E-state index in [4.69, 9.17) is 4.74 Å². The predicted octanol–water partition coefficient (Wildman–Crippen LogP) is 3.99. The van der Waals surface area contributed by atoms with Crippen LogP contribution < -0.4 is 4.74 Å². The topological polar surface area (TPSA) is 96.2 Å². The molecule has 1 saturated heterocycles. The number of benzene rings is 2. The van der Waals surface area contributed by atoms with Gasteiger partial charge in [-0.2, -0.15) is 0 Å². The molecule has 198 valence electrons. The minimum Gasteiger partial charge on any atom is -0.497 e. The van der Waals surface area contributed by atoms with Gasteiger partial charge in [0.15, 0.2) is 0 Å². The fourth-order valence-corrected chi connectivity index (χ4v) is 6.27. The Bertz CT molecular complexity index is 1320. The third-order valence-electron chi connectivity index (χ3n) is 7.40. The molecule has 0 spiro atoms. The number of nitro groups is 1. The van der Waals surface area contributed by atoms with E-state index in [1.807, 2.05) is 24.0 Å². The fourth-order valence-electron chi connectivity index (χ4n) is 5.37. The number of fused-ring (bicyclic) bond motifs is 1. The summed E-state index contributed by atoms with van der Waals surface area (Å²) in [6.45, 7) is 4.34. The number of carbonyl (C=O) groups is 2. The van der Waals surface area contributed by atoms with Gasteiger partial charge in [-0.1, -0.05) is 12.1 Å². The van der Waals surface area contributed by atoms with E-state index in [1.165, 1.54) is 34.7 Å². The highest BCUT2D eigenvalue weighted by Gasteiger charge is 2.34. The van der Waals surface area contributed by atoms with Crippen LogP contribution in [0, 0.1) is 10.1 Å². The van der Waals surface area contributed by atoms with E-state index in [0.717, 1.165) is 24.3 Å². The molecule has 0 radical (unpaired) electrons. The van der Waals surface area contributed by atoms with Crippen molar-refractivity contribution in [1.82, 2.24) is 14.7 Å². The number of methoxy groups -OCH3 is 1. The maximum atomic E-state index is 13.5. The Morgan fingerprint density at radius 1 is 1.05 bits per heavy atom. The summed E-state index contributed by atoms with van der Waals surface area (Å²) in [4.78, 5) is 44.2. The summed E-state index contributed by atoms with van der Waals surface area (Å²) in [5.41, 5.74) is 2.74. The third kappa shape index (κ3) is 5.14. The average molecular weight is 535 g/mol. The van der Waals surface area contributed by atoms with Crippen LogP contribution >= 0.6 is 11.3 Å². The number of nitro benzene ring substituents is 1. The normalized spacial score (nSPS) is 19.6. The maximum Gasteiger partial charge on any atom is 0.269 e. The highest BCUT2D eigenvalue weighted by molar-refractivity contribution is 7.10. The van der Waals surface area contributed by atoms with E-state index < -0.39 is 4.92 Å². The van der Waals surface area contributed by atoms with Crippen LogP contribution in [0.2, 0.25) is 0 Å². The van der Waals surface area contributed by atoms with Crippen LogP contribution in [0.5, 0.6) is 5.75 Å². The predicted molar refractivity (Wildman–Crippen MR) is 145 cm³/mol. The van der Waals surface area contributed by atoms with Gasteiger partial charge in [-0.05, 0) is 60.2 Å². The standard InChI is InChI=1S/C28H30N4O5S/c1-19-17-29(14-15-31(19)28(34)21-3-7-22(8-4-21)32(35)36)26(33)18-30-13-11-25-24(12-16-38-25)27(30)20-5-9-23(37-2)10-6-20/h3-10,12,16,19,27H,11,13-15,17-18H2,1-2H3.